The van der Waals surface area contributed by atoms with Gasteiger partial charge in [0.2, 0.25) is 0 Å². The Kier molecular flexibility index (Phi) is 6.98. The Labute approximate surface area is 78.5 Å². The van der Waals surface area contributed by atoms with Crippen molar-refractivity contribution in [2.75, 3.05) is 13.1 Å². The molecule has 0 aromatic carbocycles. The molecule has 0 rings (SSSR count). The van der Waals surface area contributed by atoms with Crippen molar-refractivity contribution in [3.63, 3.8) is 0 Å². The predicted molar refractivity (Wildman–Crippen MR) is 51.2 cm³/mol. The normalized spacial score (nSPS) is 12.0. The van der Waals surface area contributed by atoms with Crippen molar-refractivity contribution >= 4 is 5.97 Å². The summed E-state index contributed by atoms with van der Waals surface area (Å²) >= 11 is 0. The summed E-state index contributed by atoms with van der Waals surface area (Å²) in [5.74, 6) is 1.49. The van der Waals surface area contributed by atoms with Gasteiger partial charge in [0.1, 0.15) is 6.04 Å². The lowest BCUT2D eigenvalue weighted by Crippen LogP contribution is -2.36. The first-order valence-corrected chi connectivity index (χ1v) is 4.32. The van der Waals surface area contributed by atoms with E-state index in [1.54, 1.807) is 0 Å². The second-order valence-electron chi connectivity index (χ2n) is 2.76. The number of carboxylic acid groups (broad SMARTS) is 1. The summed E-state index contributed by atoms with van der Waals surface area (Å²) in [5, 5.41) is 11.5. The van der Waals surface area contributed by atoms with Crippen molar-refractivity contribution in [3.05, 3.63) is 0 Å². The second-order valence-corrected chi connectivity index (χ2v) is 2.76. The van der Waals surface area contributed by atoms with Gasteiger partial charge in [-0.15, -0.1) is 6.42 Å². The van der Waals surface area contributed by atoms with Crippen molar-refractivity contribution < 1.29 is 9.90 Å². The minimum absolute atomic E-state index is 0.291. The van der Waals surface area contributed by atoms with E-state index in [-0.39, 0.29) is 0 Å². The number of nitrogens with one attached hydrogen (secondary N) is 1. The van der Waals surface area contributed by atoms with E-state index >= 15 is 0 Å². The fourth-order valence-corrected chi connectivity index (χ4v) is 0.988. The van der Waals surface area contributed by atoms with Crippen LogP contribution in [0.15, 0.2) is 0 Å². The van der Waals surface area contributed by atoms with Crippen LogP contribution in [0.4, 0.5) is 0 Å². The molecule has 0 saturated heterocycles. The second kappa shape index (κ2) is 7.59. The largest absolute Gasteiger partial charge is 0.480 e. The standard InChI is InChI=1S/C9H16N2O2/c1-2-7-11-8(9(12)13)5-3-4-6-10/h1,8,11H,3-7,10H2,(H,12,13). The topological polar surface area (TPSA) is 75.3 Å². The van der Waals surface area contributed by atoms with Crippen molar-refractivity contribution in [1.82, 2.24) is 5.32 Å². The zero-order valence-corrected chi connectivity index (χ0v) is 7.62. The van der Waals surface area contributed by atoms with E-state index in [9.17, 15) is 4.79 Å². The van der Waals surface area contributed by atoms with Gasteiger partial charge in [-0.25, -0.2) is 0 Å². The van der Waals surface area contributed by atoms with Gasteiger partial charge in [0, 0.05) is 0 Å². The molecule has 0 spiro atoms. The smallest absolute Gasteiger partial charge is 0.320 e. The van der Waals surface area contributed by atoms with Gasteiger partial charge < -0.3 is 10.8 Å². The third kappa shape index (κ3) is 6.14. The minimum atomic E-state index is -0.854. The van der Waals surface area contributed by atoms with Crippen molar-refractivity contribution in [1.29, 1.82) is 0 Å². The maximum atomic E-state index is 10.6. The molecule has 0 bridgehead atoms. The maximum absolute atomic E-state index is 10.6. The summed E-state index contributed by atoms with van der Waals surface area (Å²) in [7, 11) is 0. The van der Waals surface area contributed by atoms with Gasteiger partial charge in [0.15, 0.2) is 0 Å². The van der Waals surface area contributed by atoms with Gasteiger partial charge in [0.05, 0.1) is 6.54 Å². The molecule has 4 heteroatoms. The molecule has 1 unspecified atom stereocenters. The first kappa shape index (κ1) is 11.9. The highest BCUT2D eigenvalue weighted by molar-refractivity contribution is 5.73. The van der Waals surface area contributed by atoms with Crippen LogP contribution < -0.4 is 11.1 Å². The van der Waals surface area contributed by atoms with Crippen LogP contribution in [-0.2, 0) is 4.79 Å². The number of hydrogen-bond donors (Lipinski definition) is 3. The Hall–Kier alpha value is -1.05. The summed E-state index contributed by atoms with van der Waals surface area (Å²) in [5.41, 5.74) is 5.29. The molecule has 0 aromatic rings. The highest BCUT2D eigenvalue weighted by Gasteiger charge is 2.14. The molecule has 74 valence electrons. The lowest BCUT2D eigenvalue weighted by atomic mass is 10.1. The summed E-state index contributed by atoms with van der Waals surface area (Å²) < 4.78 is 0. The molecule has 0 saturated carbocycles. The van der Waals surface area contributed by atoms with Gasteiger partial charge in [0.25, 0.3) is 0 Å². The summed E-state index contributed by atoms with van der Waals surface area (Å²) in [6.45, 7) is 0.890. The van der Waals surface area contributed by atoms with Gasteiger partial charge in [-0.2, -0.15) is 0 Å². The summed E-state index contributed by atoms with van der Waals surface area (Å²) in [6, 6.07) is -0.539. The van der Waals surface area contributed by atoms with E-state index in [4.69, 9.17) is 17.3 Å². The van der Waals surface area contributed by atoms with Gasteiger partial charge in [-0.1, -0.05) is 12.3 Å². The molecule has 4 N–H and O–H groups in total. The van der Waals surface area contributed by atoms with Crippen LogP contribution in [0.25, 0.3) is 0 Å². The zero-order chi connectivity index (χ0) is 10.1. The molecule has 0 aromatic heterocycles. The highest BCUT2D eigenvalue weighted by atomic mass is 16.4. The Morgan fingerprint density at radius 1 is 1.62 bits per heavy atom. The molecule has 0 heterocycles. The van der Waals surface area contributed by atoms with E-state index in [0.717, 1.165) is 12.8 Å². The highest BCUT2D eigenvalue weighted by Crippen LogP contribution is 1.99. The van der Waals surface area contributed by atoms with Gasteiger partial charge in [-0.3, -0.25) is 10.1 Å². The molecule has 0 amide bonds. The molecule has 0 fully saturated rings. The van der Waals surface area contributed by atoms with Crippen molar-refractivity contribution in [2.45, 2.75) is 25.3 Å². The molecule has 0 radical (unpaired) electrons. The quantitative estimate of drug-likeness (QED) is 0.378. The fourth-order valence-electron chi connectivity index (χ4n) is 0.988. The molecular formula is C9H16N2O2. The van der Waals surface area contributed by atoms with Crippen LogP contribution in [0.2, 0.25) is 0 Å². The third-order valence-electron chi connectivity index (χ3n) is 1.70. The van der Waals surface area contributed by atoms with Crippen LogP contribution >= 0.6 is 0 Å². The molecular weight excluding hydrogens is 168 g/mol. The number of carboxylic acids is 1. The molecule has 0 aliphatic rings. The van der Waals surface area contributed by atoms with Crippen molar-refractivity contribution in [2.24, 2.45) is 5.73 Å². The van der Waals surface area contributed by atoms with E-state index in [2.05, 4.69) is 11.2 Å². The average Bonchev–Trinajstić information content (AvgIpc) is 2.10. The first-order valence-electron chi connectivity index (χ1n) is 4.32. The first-order chi connectivity index (χ1) is 6.22. The SMILES string of the molecule is C#CCNC(CCCCN)C(=O)O. The number of unbranched alkanes of at least 4 members (excludes halogenated alkanes) is 1. The monoisotopic (exact) mass is 184 g/mol. The predicted octanol–water partition coefficient (Wildman–Crippen LogP) is -0.209. The van der Waals surface area contributed by atoms with Crippen LogP contribution in [0.5, 0.6) is 0 Å². The fraction of sp³-hybridized carbons (Fsp3) is 0.667. The lowest BCUT2D eigenvalue weighted by molar-refractivity contribution is -0.139. The number of hydrogen-bond acceptors (Lipinski definition) is 3. The zero-order valence-electron chi connectivity index (χ0n) is 7.62. The van der Waals surface area contributed by atoms with E-state index < -0.39 is 12.0 Å². The Morgan fingerprint density at radius 2 is 2.31 bits per heavy atom. The Bertz CT molecular complexity index is 187. The molecule has 0 aliphatic carbocycles. The van der Waals surface area contributed by atoms with E-state index in [1.165, 1.54) is 0 Å². The van der Waals surface area contributed by atoms with Crippen LogP contribution in [0.3, 0.4) is 0 Å². The van der Waals surface area contributed by atoms with Gasteiger partial charge >= 0.3 is 5.97 Å². The molecule has 0 aliphatic heterocycles. The van der Waals surface area contributed by atoms with Crippen molar-refractivity contribution in [3.8, 4) is 12.3 Å². The number of rotatable bonds is 7. The maximum Gasteiger partial charge on any atom is 0.320 e. The van der Waals surface area contributed by atoms with Gasteiger partial charge in [-0.05, 0) is 19.4 Å². The summed E-state index contributed by atoms with van der Waals surface area (Å²) in [4.78, 5) is 10.6. The van der Waals surface area contributed by atoms with E-state index in [0.29, 0.717) is 19.5 Å². The third-order valence-corrected chi connectivity index (χ3v) is 1.70. The number of aliphatic carboxylic acids is 1. The number of carbonyl (C=O) groups is 1. The van der Waals surface area contributed by atoms with Crippen LogP contribution in [0, 0.1) is 12.3 Å². The van der Waals surface area contributed by atoms with Crippen LogP contribution in [-0.4, -0.2) is 30.2 Å². The van der Waals surface area contributed by atoms with Crippen LogP contribution in [0.1, 0.15) is 19.3 Å². The molecule has 13 heavy (non-hydrogen) atoms. The summed E-state index contributed by atoms with van der Waals surface area (Å²) in [6.07, 6.45) is 7.24. The number of nitrogens with two attached hydrogens (primary N) is 1. The minimum Gasteiger partial charge on any atom is -0.480 e. The Morgan fingerprint density at radius 3 is 2.77 bits per heavy atom. The molecule has 1 atom stereocenters. The molecule has 4 nitrogen and oxygen atoms in total. The Balaban J connectivity index is 3.68. The number of terminal acetylenes is 1. The average molecular weight is 184 g/mol. The lowest BCUT2D eigenvalue weighted by Gasteiger charge is -2.11. The van der Waals surface area contributed by atoms with E-state index in [1.807, 2.05) is 0 Å².